The first-order valence-electron chi connectivity index (χ1n) is 11.0. The largest absolute Gasteiger partial charge is 0.481 e. The molecule has 3 aromatic rings. The van der Waals surface area contributed by atoms with E-state index in [-0.39, 0.29) is 37.7 Å². The molecule has 0 fully saturated rings. The van der Waals surface area contributed by atoms with E-state index in [1.807, 2.05) is 24.3 Å². The molecule has 0 radical (unpaired) electrons. The quantitative estimate of drug-likeness (QED) is 0.204. The summed E-state index contributed by atoms with van der Waals surface area (Å²) in [6, 6.07) is 21.2. The maximum atomic E-state index is 12.7. The van der Waals surface area contributed by atoms with Gasteiger partial charge in [-0.25, -0.2) is 9.78 Å². The van der Waals surface area contributed by atoms with Crippen molar-refractivity contribution in [3.8, 4) is 11.1 Å². The molecule has 0 saturated carbocycles. The van der Waals surface area contributed by atoms with Gasteiger partial charge < -0.3 is 10.4 Å². The lowest BCUT2D eigenvalue weighted by Gasteiger charge is -2.14. The van der Waals surface area contributed by atoms with E-state index >= 15 is 0 Å². The van der Waals surface area contributed by atoms with Crippen LogP contribution in [0.1, 0.15) is 39.1 Å². The SMILES string of the molecule is COOCc1ccccc1C(=O)NCCC(CC(=O)c1ccc(-c2ccc(Cl)cc2)cc1)C(=O)O. The van der Waals surface area contributed by atoms with Gasteiger partial charge in [0.1, 0.15) is 6.61 Å². The zero-order valence-corrected chi connectivity index (χ0v) is 20.0. The van der Waals surface area contributed by atoms with Crippen LogP contribution in [-0.4, -0.2) is 36.4 Å². The Morgan fingerprint density at radius 1 is 0.943 bits per heavy atom. The minimum absolute atomic E-state index is 0.100. The predicted molar refractivity (Wildman–Crippen MR) is 132 cm³/mol. The van der Waals surface area contributed by atoms with E-state index in [2.05, 4.69) is 10.2 Å². The molecule has 7 nitrogen and oxygen atoms in total. The number of hydrogen-bond acceptors (Lipinski definition) is 5. The Morgan fingerprint density at radius 3 is 2.20 bits per heavy atom. The van der Waals surface area contributed by atoms with Crippen molar-refractivity contribution in [1.29, 1.82) is 0 Å². The number of ketones is 1. The number of carboxylic acids is 1. The zero-order chi connectivity index (χ0) is 25.2. The van der Waals surface area contributed by atoms with Crippen LogP contribution in [0.3, 0.4) is 0 Å². The summed E-state index contributed by atoms with van der Waals surface area (Å²) in [5.74, 6) is -2.63. The van der Waals surface area contributed by atoms with Crippen LogP contribution in [0.25, 0.3) is 11.1 Å². The second kappa shape index (κ2) is 12.8. The number of carboxylic acid groups (broad SMARTS) is 1. The first-order valence-corrected chi connectivity index (χ1v) is 11.4. The average Bonchev–Trinajstić information content (AvgIpc) is 2.87. The van der Waals surface area contributed by atoms with Gasteiger partial charge in [-0.3, -0.25) is 14.4 Å². The predicted octanol–water partition coefficient (Wildman–Crippen LogP) is 5.18. The van der Waals surface area contributed by atoms with Gasteiger partial charge in [-0.15, -0.1) is 0 Å². The normalized spacial score (nSPS) is 11.6. The van der Waals surface area contributed by atoms with Crippen LogP contribution < -0.4 is 5.32 Å². The van der Waals surface area contributed by atoms with Crippen molar-refractivity contribution < 1.29 is 29.3 Å². The van der Waals surface area contributed by atoms with Gasteiger partial charge in [0, 0.05) is 29.1 Å². The number of hydrogen-bond donors (Lipinski definition) is 2. The number of Topliss-reactive ketones (excluding diaryl/α,β-unsaturated/α-hetero) is 1. The first kappa shape index (κ1) is 26.1. The molecule has 1 atom stereocenters. The number of halogens is 1. The third-order valence-corrected chi connectivity index (χ3v) is 5.79. The van der Waals surface area contributed by atoms with Gasteiger partial charge in [0.15, 0.2) is 5.78 Å². The van der Waals surface area contributed by atoms with Crippen LogP contribution in [0.15, 0.2) is 72.8 Å². The second-order valence-corrected chi connectivity index (χ2v) is 8.31. The molecule has 0 bridgehead atoms. The number of rotatable bonds is 12. The van der Waals surface area contributed by atoms with E-state index < -0.39 is 11.9 Å². The van der Waals surface area contributed by atoms with E-state index in [0.717, 1.165) is 11.1 Å². The summed E-state index contributed by atoms with van der Waals surface area (Å²) in [7, 11) is 1.38. The van der Waals surface area contributed by atoms with Crippen molar-refractivity contribution in [1.82, 2.24) is 5.32 Å². The molecule has 0 saturated heterocycles. The number of amides is 1. The lowest BCUT2D eigenvalue weighted by molar-refractivity contribution is -0.282. The van der Waals surface area contributed by atoms with Crippen molar-refractivity contribution in [3.05, 3.63) is 94.5 Å². The average molecular weight is 496 g/mol. The molecule has 0 heterocycles. The van der Waals surface area contributed by atoms with E-state index in [4.69, 9.17) is 16.5 Å². The van der Waals surface area contributed by atoms with Crippen LogP contribution in [0.4, 0.5) is 0 Å². The molecular weight excluding hydrogens is 470 g/mol. The van der Waals surface area contributed by atoms with Crippen LogP contribution in [-0.2, 0) is 21.2 Å². The number of nitrogens with one attached hydrogen (secondary N) is 1. The smallest absolute Gasteiger partial charge is 0.307 e. The van der Waals surface area contributed by atoms with Crippen molar-refractivity contribution in [2.45, 2.75) is 19.4 Å². The molecule has 1 amide bonds. The van der Waals surface area contributed by atoms with E-state index in [9.17, 15) is 19.5 Å². The third kappa shape index (κ3) is 7.48. The Hall–Kier alpha value is -3.52. The van der Waals surface area contributed by atoms with Gasteiger partial charge in [-0.2, -0.15) is 0 Å². The first-order chi connectivity index (χ1) is 16.9. The lowest BCUT2D eigenvalue weighted by atomic mass is 9.94. The van der Waals surface area contributed by atoms with Crippen molar-refractivity contribution in [2.75, 3.05) is 13.7 Å². The molecule has 0 aliphatic heterocycles. The summed E-state index contributed by atoms with van der Waals surface area (Å²) in [4.78, 5) is 46.5. The topological polar surface area (TPSA) is 102 Å². The fourth-order valence-electron chi connectivity index (χ4n) is 3.59. The minimum Gasteiger partial charge on any atom is -0.481 e. The minimum atomic E-state index is -1.08. The second-order valence-electron chi connectivity index (χ2n) is 7.88. The molecule has 3 aromatic carbocycles. The molecular formula is C27H26ClNO6. The standard InChI is InChI=1S/C27H26ClNO6/c1-34-35-17-22-4-2-3-5-24(22)26(31)29-15-14-21(27(32)33)16-25(30)20-8-6-18(7-9-20)19-10-12-23(28)13-11-19/h2-13,21H,14-17H2,1H3,(H,29,31)(H,32,33). The summed E-state index contributed by atoms with van der Waals surface area (Å²) >= 11 is 5.92. The maximum absolute atomic E-state index is 12.7. The third-order valence-electron chi connectivity index (χ3n) is 5.54. The Morgan fingerprint density at radius 2 is 1.57 bits per heavy atom. The van der Waals surface area contributed by atoms with Crippen molar-refractivity contribution >= 4 is 29.3 Å². The number of carbonyl (C=O) groups excluding carboxylic acids is 2. The van der Waals surface area contributed by atoms with Crippen molar-refractivity contribution in [3.63, 3.8) is 0 Å². The van der Waals surface area contributed by atoms with E-state index in [0.29, 0.717) is 21.7 Å². The molecule has 35 heavy (non-hydrogen) atoms. The Labute approximate surface area is 208 Å². The summed E-state index contributed by atoms with van der Waals surface area (Å²) < 4.78 is 0. The highest BCUT2D eigenvalue weighted by Crippen LogP contribution is 2.23. The van der Waals surface area contributed by atoms with Crippen LogP contribution in [0, 0.1) is 5.92 Å². The zero-order valence-electron chi connectivity index (χ0n) is 19.2. The van der Waals surface area contributed by atoms with Gasteiger partial charge in [0.25, 0.3) is 5.91 Å². The molecule has 0 aliphatic rings. The molecule has 8 heteroatoms. The Bertz CT molecular complexity index is 1160. The Balaban J connectivity index is 1.56. The Kier molecular flexibility index (Phi) is 9.55. The molecule has 0 spiro atoms. The summed E-state index contributed by atoms with van der Waals surface area (Å²) in [5.41, 5.74) is 3.37. The highest BCUT2D eigenvalue weighted by molar-refractivity contribution is 6.30. The fraction of sp³-hybridized carbons (Fsp3) is 0.222. The molecule has 2 N–H and O–H groups in total. The van der Waals surface area contributed by atoms with Crippen LogP contribution >= 0.6 is 11.6 Å². The van der Waals surface area contributed by atoms with E-state index in [1.165, 1.54) is 7.11 Å². The fourth-order valence-corrected chi connectivity index (χ4v) is 3.72. The summed E-state index contributed by atoms with van der Waals surface area (Å²) in [5, 5.41) is 13.0. The molecule has 0 aliphatic carbocycles. The summed E-state index contributed by atoms with van der Waals surface area (Å²) in [6.07, 6.45) is -0.0455. The number of carbonyl (C=O) groups is 3. The maximum Gasteiger partial charge on any atom is 0.307 e. The number of benzene rings is 3. The number of aliphatic carboxylic acids is 1. The summed E-state index contributed by atoms with van der Waals surface area (Å²) in [6.45, 7) is 0.210. The van der Waals surface area contributed by atoms with Gasteiger partial charge >= 0.3 is 5.97 Å². The van der Waals surface area contributed by atoms with Crippen molar-refractivity contribution in [2.24, 2.45) is 5.92 Å². The highest BCUT2D eigenvalue weighted by atomic mass is 35.5. The molecule has 182 valence electrons. The molecule has 3 rings (SSSR count). The van der Waals surface area contributed by atoms with Gasteiger partial charge in [0.2, 0.25) is 0 Å². The van der Waals surface area contributed by atoms with Gasteiger partial charge in [-0.05, 0) is 41.3 Å². The monoisotopic (exact) mass is 495 g/mol. The van der Waals surface area contributed by atoms with Crippen LogP contribution in [0.2, 0.25) is 5.02 Å². The van der Waals surface area contributed by atoms with Gasteiger partial charge in [-0.1, -0.05) is 66.2 Å². The van der Waals surface area contributed by atoms with Gasteiger partial charge in [0.05, 0.1) is 13.0 Å². The van der Waals surface area contributed by atoms with Crippen LogP contribution in [0.5, 0.6) is 0 Å². The molecule has 1 unspecified atom stereocenters. The molecule has 0 aromatic heterocycles. The highest BCUT2D eigenvalue weighted by Gasteiger charge is 2.22. The van der Waals surface area contributed by atoms with E-state index in [1.54, 1.807) is 48.5 Å². The lowest BCUT2D eigenvalue weighted by Crippen LogP contribution is -2.29.